The molecule has 1 aliphatic rings. The Morgan fingerprint density at radius 1 is 1.20 bits per heavy atom. The van der Waals surface area contributed by atoms with Crippen LogP contribution in [0.1, 0.15) is 26.2 Å². The first-order chi connectivity index (χ1) is 6.99. The summed E-state index contributed by atoms with van der Waals surface area (Å²) in [6.45, 7) is 3.89. The summed E-state index contributed by atoms with van der Waals surface area (Å²) in [7, 11) is -3.17. The van der Waals surface area contributed by atoms with Crippen molar-refractivity contribution in [3.8, 4) is 0 Å². The third-order valence-electron chi connectivity index (χ3n) is 2.59. The molecule has 1 fully saturated rings. The maximum absolute atomic E-state index is 11.4. The van der Waals surface area contributed by atoms with Gasteiger partial charge in [0.1, 0.15) is 11.5 Å². The number of carbonyl (C=O) groups excluding carboxylic acids is 1. The molecular formula is C10H19NO3S. The molecule has 0 radical (unpaired) electrons. The third kappa shape index (κ3) is 5.28. The first-order valence-corrected chi connectivity index (χ1v) is 7.24. The van der Waals surface area contributed by atoms with Gasteiger partial charge in [0, 0.05) is 6.54 Å². The molecule has 5 heteroatoms. The van der Waals surface area contributed by atoms with E-state index in [1.54, 1.807) is 0 Å². The Morgan fingerprint density at radius 3 is 2.33 bits per heavy atom. The lowest BCUT2D eigenvalue weighted by Crippen LogP contribution is -2.34. The average Bonchev–Trinajstić information content (AvgIpc) is 2.15. The standard InChI is InChI=1S/C10H19NO3S/c1-10(12)9-15(13,14)8-7-11-5-3-2-4-6-11/h2-9H2,1H3. The Balaban J connectivity index is 2.31. The highest BCUT2D eigenvalue weighted by Crippen LogP contribution is 2.08. The van der Waals surface area contributed by atoms with Gasteiger partial charge in [-0.3, -0.25) is 4.79 Å². The molecule has 0 amide bonds. The predicted octanol–water partition coefficient (Wildman–Crippen LogP) is 0.476. The Morgan fingerprint density at radius 2 is 1.80 bits per heavy atom. The number of sulfone groups is 1. The highest BCUT2D eigenvalue weighted by molar-refractivity contribution is 7.92. The van der Waals surface area contributed by atoms with Gasteiger partial charge in [-0.25, -0.2) is 8.42 Å². The van der Waals surface area contributed by atoms with Gasteiger partial charge in [0.05, 0.1) is 5.75 Å². The van der Waals surface area contributed by atoms with Crippen LogP contribution in [0.3, 0.4) is 0 Å². The number of rotatable bonds is 5. The van der Waals surface area contributed by atoms with Crippen LogP contribution in [0.25, 0.3) is 0 Å². The summed E-state index contributed by atoms with van der Waals surface area (Å²) in [4.78, 5) is 12.9. The van der Waals surface area contributed by atoms with Crippen molar-refractivity contribution in [1.29, 1.82) is 0 Å². The van der Waals surface area contributed by atoms with Gasteiger partial charge in [-0.15, -0.1) is 0 Å². The topological polar surface area (TPSA) is 54.5 Å². The molecule has 15 heavy (non-hydrogen) atoms. The predicted molar refractivity (Wildman–Crippen MR) is 59.6 cm³/mol. The van der Waals surface area contributed by atoms with Crippen molar-refractivity contribution >= 4 is 15.6 Å². The van der Waals surface area contributed by atoms with Gasteiger partial charge >= 0.3 is 0 Å². The largest absolute Gasteiger partial charge is 0.302 e. The molecule has 0 aliphatic carbocycles. The zero-order valence-electron chi connectivity index (χ0n) is 9.24. The molecule has 1 saturated heterocycles. The van der Waals surface area contributed by atoms with E-state index in [0.29, 0.717) is 6.54 Å². The van der Waals surface area contributed by atoms with E-state index < -0.39 is 9.84 Å². The molecule has 88 valence electrons. The van der Waals surface area contributed by atoms with E-state index in [4.69, 9.17) is 0 Å². The smallest absolute Gasteiger partial charge is 0.158 e. The molecule has 4 nitrogen and oxygen atoms in total. The molecule has 0 atom stereocenters. The minimum absolute atomic E-state index is 0.118. The number of ketones is 1. The van der Waals surface area contributed by atoms with Crippen molar-refractivity contribution in [2.24, 2.45) is 0 Å². The van der Waals surface area contributed by atoms with Gasteiger partial charge < -0.3 is 4.90 Å². The van der Waals surface area contributed by atoms with E-state index in [1.165, 1.54) is 13.3 Å². The summed E-state index contributed by atoms with van der Waals surface area (Å²) >= 11 is 0. The van der Waals surface area contributed by atoms with Crippen molar-refractivity contribution in [2.75, 3.05) is 31.1 Å². The maximum atomic E-state index is 11.4. The second-order valence-electron chi connectivity index (χ2n) is 4.20. The maximum Gasteiger partial charge on any atom is 0.158 e. The summed E-state index contributed by atoms with van der Waals surface area (Å²) in [5.74, 6) is -0.457. The quantitative estimate of drug-likeness (QED) is 0.693. The normalized spacial score (nSPS) is 19.0. The van der Waals surface area contributed by atoms with Crippen molar-refractivity contribution < 1.29 is 13.2 Å². The molecular weight excluding hydrogens is 214 g/mol. The van der Waals surface area contributed by atoms with E-state index in [2.05, 4.69) is 4.90 Å². The number of Topliss-reactive ketones (excluding diaryl/α,β-unsaturated/α-hetero) is 1. The van der Waals surface area contributed by atoms with E-state index in [9.17, 15) is 13.2 Å². The first kappa shape index (κ1) is 12.6. The fourth-order valence-electron chi connectivity index (χ4n) is 1.83. The van der Waals surface area contributed by atoms with Crippen LogP contribution < -0.4 is 0 Å². The lowest BCUT2D eigenvalue weighted by Gasteiger charge is -2.25. The van der Waals surface area contributed by atoms with Crippen molar-refractivity contribution in [2.45, 2.75) is 26.2 Å². The molecule has 0 spiro atoms. The molecule has 0 aromatic heterocycles. The number of carbonyl (C=O) groups is 1. The van der Waals surface area contributed by atoms with Crippen LogP contribution in [0.15, 0.2) is 0 Å². The summed E-state index contributed by atoms with van der Waals surface area (Å²) in [5, 5.41) is 0. The van der Waals surface area contributed by atoms with Crippen LogP contribution in [0.2, 0.25) is 0 Å². The summed E-state index contributed by atoms with van der Waals surface area (Å²) < 4.78 is 22.9. The van der Waals surface area contributed by atoms with E-state index in [0.717, 1.165) is 25.9 Å². The first-order valence-electron chi connectivity index (χ1n) is 5.42. The molecule has 1 rings (SSSR count). The Bertz CT molecular complexity index is 305. The van der Waals surface area contributed by atoms with Crippen LogP contribution >= 0.6 is 0 Å². The summed E-state index contributed by atoms with van der Waals surface area (Å²) in [6.07, 6.45) is 3.57. The minimum Gasteiger partial charge on any atom is -0.302 e. The van der Waals surface area contributed by atoms with Gasteiger partial charge in [0.25, 0.3) is 0 Å². The van der Waals surface area contributed by atoms with Crippen LogP contribution in [0.5, 0.6) is 0 Å². The fourth-order valence-corrected chi connectivity index (χ4v) is 3.13. The van der Waals surface area contributed by atoms with Crippen LogP contribution in [-0.2, 0) is 14.6 Å². The summed E-state index contributed by atoms with van der Waals surface area (Å²) in [5.41, 5.74) is 0. The molecule has 0 unspecified atom stereocenters. The van der Waals surface area contributed by atoms with Crippen LogP contribution in [-0.4, -0.2) is 50.2 Å². The van der Waals surface area contributed by atoms with Gasteiger partial charge in [0.15, 0.2) is 9.84 Å². The van der Waals surface area contributed by atoms with E-state index in [-0.39, 0.29) is 17.3 Å². The lowest BCUT2D eigenvalue weighted by molar-refractivity contribution is -0.114. The highest BCUT2D eigenvalue weighted by Gasteiger charge is 2.17. The van der Waals surface area contributed by atoms with Gasteiger partial charge in [-0.2, -0.15) is 0 Å². The fraction of sp³-hybridized carbons (Fsp3) is 0.900. The number of nitrogens with zero attached hydrogens (tertiary/aromatic N) is 1. The number of piperidine rings is 1. The SMILES string of the molecule is CC(=O)CS(=O)(=O)CCN1CCCCC1. The van der Waals surface area contributed by atoms with E-state index in [1.807, 2.05) is 0 Å². The minimum atomic E-state index is -3.17. The van der Waals surface area contributed by atoms with Crippen molar-refractivity contribution in [3.63, 3.8) is 0 Å². The molecule has 0 aromatic carbocycles. The average molecular weight is 233 g/mol. The molecule has 0 saturated carbocycles. The Kier molecular flexibility index (Phi) is 4.73. The Labute approximate surface area is 91.6 Å². The second kappa shape index (κ2) is 5.61. The molecule has 0 N–H and O–H groups in total. The molecule has 1 heterocycles. The number of hydrogen-bond acceptors (Lipinski definition) is 4. The third-order valence-corrected chi connectivity index (χ3v) is 4.24. The van der Waals surface area contributed by atoms with Crippen molar-refractivity contribution in [3.05, 3.63) is 0 Å². The number of hydrogen-bond donors (Lipinski definition) is 0. The zero-order valence-corrected chi connectivity index (χ0v) is 10.1. The molecule has 0 aromatic rings. The van der Waals surface area contributed by atoms with Gasteiger partial charge in [-0.05, 0) is 32.9 Å². The molecule has 0 bridgehead atoms. The van der Waals surface area contributed by atoms with Gasteiger partial charge in [0.2, 0.25) is 0 Å². The lowest BCUT2D eigenvalue weighted by atomic mass is 10.1. The summed E-state index contributed by atoms with van der Waals surface area (Å²) in [6, 6.07) is 0. The van der Waals surface area contributed by atoms with E-state index >= 15 is 0 Å². The molecule has 1 aliphatic heterocycles. The highest BCUT2D eigenvalue weighted by atomic mass is 32.2. The monoisotopic (exact) mass is 233 g/mol. The zero-order chi connectivity index (χ0) is 11.3. The van der Waals surface area contributed by atoms with Crippen molar-refractivity contribution in [1.82, 2.24) is 4.90 Å². The second-order valence-corrected chi connectivity index (χ2v) is 6.38. The van der Waals surface area contributed by atoms with Crippen LogP contribution in [0.4, 0.5) is 0 Å². The number of likely N-dealkylation sites (tertiary alicyclic amines) is 1. The van der Waals surface area contributed by atoms with Crippen LogP contribution in [0, 0.1) is 0 Å². The Hall–Kier alpha value is -0.420. The van der Waals surface area contributed by atoms with Gasteiger partial charge in [-0.1, -0.05) is 6.42 Å².